The average Bonchev–Trinajstić information content (AvgIpc) is 2.97. The number of rotatable bonds is 6. The topological polar surface area (TPSA) is 121 Å². The Morgan fingerprint density at radius 2 is 1.50 bits per heavy atom. The average molecular weight is 498 g/mol. The number of aromatic nitrogens is 2. The quantitative estimate of drug-likeness (QED) is 0.498. The van der Waals surface area contributed by atoms with Crippen molar-refractivity contribution in [2.45, 2.75) is 25.7 Å². The lowest BCUT2D eigenvalue weighted by Crippen LogP contribution is -2.32. The van der Waals surface area contributed by atoms with Crippen molar-refractivity contribution in [3.63, 3.8) is 0 Å². The highest BCUT2D eigenvalue weighted by Crippen LogP contribution is 2.32. The fourth-order valence-corrected chi connectivity index (χ4v) is 4.61. The van der Waals surface area contributed by atoms with Crippen LogP contribution in [0.4, 0.5) is 17.3 Å². The zero-order chi connectivity index (χ0) is 24.6. The number of hydrogen-bond acceptors (Lipinski definition) is 7. The highest BCUT2D eigenvalue weighted by molar-refractivity contribution is 7.92. The number of anilines is 3. The molecule has 2 N–H and O–H groups in total. The lowest BCUT2D eigenvalue weighted by Gasteiger charge is -2.17. The van der Waals surface area contributed by atoms with Crippen molar-refractivity contribution in [3.8, 4) is 0 Å². The number of nitrogens with zero attached hydrogens (tertiary/aromatic N) is 3. The highest BCUT2D eigenvalue weighted by atomic mass is 35.5. The molecule has 0 aliphatic carbocycles. The molecule has 2 amide bonds. The van der Waals surface area contributed by atoms with E-state index in [1.807, 2.05) is 0 Å². The Bertz CT molecular complexity index is 1430. The van der Waals surface area contributed by atoms with E-state index in [9.17, 15) is 18.0 Å². The number of hydrogen-bond donors (Lipinski definition) is 2. The van der Waals surface area contributed by atoms with E-state index < -0.39 is 21.8 Å². The summed E-state index contributed by atoms with van der Waals surface area (Å²) in [5, 5.41) is 2.58. The van der Waals surface area contributed by atoms with Crippen LogP contribution in [0.2, 0.25) is 0 Å². The molecule has 4 rings (SSSR count). The fraction of sp³-hybridized carbons (Fsp3) is 0.130. The molecule has 2 heterocycles. The van der Waals surface area contributed by atoms with Gasteiger partial charge in [0.25, 0.3) is 21.8 Å². The second-order valence-corrected chi connectivity index (χ2v) is 9.71. The Morgan fingerprint density at radius 1 is 0.882 bits per heavy atom. The summed E-state index contributed by atoms with van der Waals surface area (Å²) >= 11 is 6.18. The highest BCUT2D eigenvalue weighted by Gasteiger charge is 2.39. The third-order valence-corrected chi connectivity index (χ3v) is 6.72. The zero-order valence-electron chi connectivity index (χ0n) is 18.5. The van der Waals surface area contributed by atoms with Crippen LogP contribution in [-0.4, -0.2) is 30.2 Å². The van der Waals surface area contributed by atoms with Crippen molar-refractivity contribution in [3.05, 3.63) is 82.3 Å². The van der Waals surface area contributed by atoms with Crippen molar-refractivity contribution >= 4 is 50.8 Å². The van der Waals surface area contributed by atoms with E-state index in [1.54, 1.807) is 51.1 Å². The Morgan fingerprint density at radius 3 is 2.12 bits per heavy atom. The van der Waals surface area contributed by atoms with Crippen molar-refractivity contribution in [1.82, 2.24) is 9.97 Å². The maximum atomic E-state index is 12.9. The van der Waals surface area contributed by atoms with E-state index in [4.69, 9.17) is 11.6 Å². The van der Waals surface area contributed by atoms with Crippen LogP contribution in [-0.2, 0) is 19.6 Å². The normalized spacial score (nSPS) is 14.1. The maximum Gasteiger partial charge on any atom is 0.283 e. The Labute approximate surface area is 201 Å². The van der Waals surface area contributed by atoms with Crippen LogP contribution in [0.3, 0.4) is 0 Å². The van der Waals surface area contributed by atoms with Gasteiger partial charge < -0.3 is 5.32 Å². The first-order valence-electron chi connectivity index (χ1n) is 10.1. The molecule has 0 fully saturated rings. The van der Waals surface area contributed by atoms with E-state index in [0.29, 0.717) is 22.8 Å². The van der Waals surface area contributed by atoms with Crippen LogP contribution in [0.25, 0.3) is 0 Å². The summed E-state index contributed by atoms with van der Waals surface area (Å²) < 4.78 is 27.8. The third-order valence-electron chi connectivity index (χ3n) is 5.03. The molecule has 34 heavy (non-hydrogen) atoms. The zero-order valence-corrected chi connectivity index (χ0v) is 20.0. The Balaban J connectivity index is 1.54. The lowest BCUT2D eigenvalue weighted by atomic mass is 10.2. The molecular formula is C23H20ClN5O4S. The summed E-state index contributed by atoms with van der Waals surface area (Å²) in [6.45, 7) is 5.26. The van der Waals surface area contributed by atoms with E-state index in [-0.39, 0.29) is 21.6 Å². The lowest BCUT2D eigenvalue weighted by molar-refractivity contribution is -0.120. The van der Waals surface area contributed by atoms with E-state index >= 15 is 0 Å². The predicted molar refractivity (Wildman–Crippen MR) is 129 cm³/mol. The van der Waals surface area contributed by atoms with Gasteiger partial charge in [-0.2, -0.15) is 0 Å². The van der Waals surface area contributed by atoms with Gasteiger partial charge in [0.05, 0.1) is 10.6 Å². The summed E-state index contributed by atoms with van der Waals surface area (Å²) in [4.78, 5) is 34.7. The molecule has 0 saturated heterocycles. The summed E-state index contributed by atoms with van der Waals surface area (Å²) in [6.07, 6.45) is 0. The van der Waals surface area contributed by atoms with Crippen molar-refractivity contribution < 1.29 is 18.0 Å². The fourth-order valence-electron chi connectivity index (χ4n) is 3.46. The Hall–Kier alpha value is -3.76. The van der Waals surface area contributed by atoms with Crippen LogP contribution in [0.15, 0.2) is 70.2 Å². The van der Waals surface area contributed by atoms with Crippen LogP contribution < -0.4 is 14.9 Å². The van der Waals surface area contributed by atoms with Gasteiger partial charge in [-0.25, -0.2) is 28.0 Å². The summed E-state index contributed by atoms with van der Waals surface area (Å²) in [5.74, 6) is -1.27. The number of para-hydroxylation sites is 1. The molecule has 0 radical (unpaired) electrons. The van der Waals surface area contributed by atoms with Crippen molar-refractivity contribution in [1.29, 1.82) is 0 Å². The molecule has 1 aliphatic rings. The molecular weight excluding hydrogens is 478 g/mol. The molecule has 2 aromatic carbocycles. The van der Waals surface area contributed by atoms with Gasteiger partial charge in [0.1, 0.15) is 10.7 Å². The molecule has 1 aromatic heterocycles. The van der Waals surface area contributed by atoms with Gasteiger partial charge in [-0.05, 0) is 62.7 Å². The van der Waals surface area contributed by atoms with Gasteiger partial charge in [0, 0.05) is 17.1 Å². The smallest absolute Gasteiger partial charge is 0.283 e. The number of halogens is 1. The van der Waals surface area contributed by atoms with Crippen LogP contribution in [0, 0.1) is 20.8 Å². The molecule has 0 spiro atoms. The van der Waals surface area contributed by atoms with Gasteiger partial charge in [-0.3, -0.25) is 9.59 Å². The van der Waals surface area contributed by atoms with Crippen LogP contribution >= 0.6 is 11.6 Å². The molecule has 0 unspecified atom stereocenters. The maximum absolute atomic E-state index is 12.9. The molecule has 0 saturated carbocycles. The molecule has 0 bridgehead atoms. The summed E-state index contributed by atoms with van der Waals surface area (Å²) in [7, 11) is -3.94. The first kappa shape index (κ1) is 23.4. The largest absolute Gasteiger partial charge is 0.350 e. The molecule has 0 atom stereocenters. The van der Waals surface area contributed by atoms with Crippen LogP contribution in [0.5, 0.6) is 0 Å². The van der Waals surface area contributed by atoms with E-state index in [1.165, 1.54) is 24.3 Å². The monoisotopic (exact) mass is 497 g/mol. The minimum absolute atomic E-state index is 0.0250. The number of imide groups is 1. The van der Waals surface area contributed by atoms with E-state index in [2.05, 4.69) is 20.0 Å². The molecule has 9 nitrogen and oxygen atoms in total. The number of nitrogens with one attached hydrogen (secondary N) is 2. The second-order valence-electron chi connectivity index (χ2n) is 7.65. The first-order valence-corrected chi connectivity index (χ1v) is 12.0. The minimum atomic E-state index is -3.94. The Kier molecular flexibility index (Phi) is 6.11. The molecule has 1 aliphatic heterocycles. The molecule has 174 valence electrons. The summed E-state index contributed by atoms with van der Waals surface area (Å²) in [5.41, 5.74) is 2.73. The van der Waals surface area contributed by atoms with Gasteiger partial charge in [0.15, 0.2) is 0 Å². The van der Waals surface area contributed by atoms with Gasteiger partial charge >= 0.3 is 0 Å². The minimum Gasteiger partial charge on any atom is -0.350 e. The van der Waals surface area contributed by atoms with Crippen molar-refractivity contribution in [2.24, 2.45) is 0 Å². The summed E-state index contributed by atoms with van der Waals surface area (Å²) in [6, 6.07) is 14.3. The van der Waals surface area contributed by atoms with Gasteiger partial charge in [0.2, 0.25) is 5.95 Å². The number of sulfonamides is 1. The number of carbonyl (C=O) groups is 2. The number of carbonyl (C=O) groups excluding carboxylic acids is 2. The van der Waals surface area contributed by atoms with Gasteiger partial charge in [-0.15, -0.1) is 0 Å². The van der Waals surface area contributed by atoms with Gasteiger partial charge in [-0.1, -0.05) is 29.8 Å². The standard InChI is InChI=1S/C23H20ClN5O4S/c1-13-6-4-5-7-18(13)29-21(30)19(24)20(22(29)31)27-16-8-10-17(11-9-16)34(32,33)28-23-25-14(2)12-15(3)26-23/h4-12,27H,1-3H3,(H,25,26,28). The molecule has 3 aromatic rings. The van der Waals surface area contributed by atoms with E-state index in [0.717, 1.165) is 10.5 Å². The number of benzene rings is 2. The predicted octanol–water partition coefficient (Wildman–Crippen LogP) is 3.64. The second kappa shape index (κ2) is 8.88. The SMILES string of the molecule is Cc1cc(C)nc(NS(=O)(=O)c2ccc(NC3=C(Cl)C(=O)N(c4ccccc4C)C3=O)cc2)n1. The van der Waals surface area contributed by atoms with Crippen molar-refractivity contribution in [2.75, 3.05) is 14.9 Å². The van der Waals surface area contributed by atoms with Crippen LogP contribution in [0.1, 0.15) is 17.0 Å². The molecule has 11 heteroatoms. The number of amides is 2. The number of aryl methyl sites for hydroxylation is 3. The first-order chi connectivity index (χ1) is 16.1. The third kappa shape index (κ3) is 4.50.